The van der Waals surface area contributed by atoms with E-state index in [1.54, 1.807) is 4.31 Å². The Bertz CT molecular complexity index is 746. The summed E-state index contributed by atoms with van der Waals surface area (Å²) in [6.45, 7) is 7.68. The maximum atomic E-state index is 11.7. The molecule has 0 aliphatic carbocycles. The summed E-state index contributed by atoms with van der Waals surface area (Å²) in [6.07, 6.45) is 5.09. The normalized spacial score (nSPS) is 17.6. The molecular formula is C20H34N4O3S. The highest BCUT2D eigenvalue weighted by molar-refractivity contribution is 7.88. The van der Waals surface area contributed by atoms with Crippen molar-refractivity contribution in [2.24, 2.45) is 11.7 Å². The van der Waals surface area contributed by atoms with E-state index >= 15 is 0 Å². The quantitative estimate of drug-likeness (QED) is 0.654. The predicted octanol–water partition coefficient (Wildman–Crippen LogP) is 2.49. The Morgan fingerprint density at radius 3 is 2.61 bits per heavy atom. The van der Waals surface area contributed by atoms with Crippen LogP contribution < -0.4 is 11.1 Å². The van der Waals surface area contributed by atoms with Crippen LogP contribution in [0.5, 0.6) is 0 Å². The molecular weight excluding hydrogens is 376 g/mol. The fraction of sp³-hybridized carbons (Fsp3) is 0.650. The smallest absolute Gasteiger partial charge is 0.316 e. The van der Waals surface area contributed by atoms with Crippen molar-refractivity contribution in [2.45, 2.75) is 45.6 Å². The first kappa shape index (κ1) is 22.6. The second-order valence-electron chi connectivity index (χ2n) is 7.84. The van der Waals surface area contributed by atoms with E-state index in [0.717, 1.165) is 44.3 Å². The molecule has 1 atom stereocenters. The van der Waals surface area contributed by atoms with Crippen LogP contribution in [0.25, 0.3) is 0 Å². The Morgan fingerprint density at radius 1 is 1.36 bits per heavy atom. The largest absolute Gasteiger partial charge is 0.351 e. The zero-order chi connectivity index (χ0) is 20.7. The van der Waals surface area contributed by atoms with Gasteiger partial charge in [-0.2, -0.15) is 0 Å². The van der Waals surface area contributed by atoms with E-state index in [0.29, 0.717) is 30.7 Å². The maximum absolute atomic E-state index is 11.7. The van der Waals surface area contributed by atoms with Gasteiger partial charge in [0.25, 0.3) is 0 Å². The molecule has 1 aromatic carbocycles. The fourth-order valence-corrected chi connectivity index (χ4v) is 4.80. The van der Waals surface area contributed by atoms with E-state index in [4.69, 9.17) is 5.73 Å². The van der Waals surface area contributed by atoms with E-state index in [9.17, 15) is 13.2 Å². The number of primary amides is 1. The molecule has 1 fully saturated rings. The summed E-state index contributed by atoms with van der Waals surface area (Å²) in [4.78, 5) is 13.6. The molecule has 158 valence electrons. The molecule has 8 heteroatoms. The average molecular weight is 411 g/mol. The molecule has 2 rings (SSSR count). The van der Waals surface area contributed by atoms with Crippen molar-refractivity contribution in [2.75, 3.05) is 37.8 Å². The number of urea groups is 1. The van der Waals surface area contributed by atoms with Gasteiger partial charge in [0.05, 0.1) is 6.26 Å². The monoisotopic (exact) mass is 410 g/mol. The minimum atomic E-state index is -3.08. The van der Waals surface area contributed by atoms with Gasteiger partial charge in [0.2, 0.25) is 10.0 Å². The number of carbonyl (C=O) groups is 1. The highest BCUT2D eigenvalue weighted by Crippen LogP contribution is 2.22. The van der Waals surface area contributed by atoms with Gasteiger partial charge in [-0.3, -0.25) is 0 Å². The van der Waals surface area contributed by atoms with Crippen LogP contribution in [0.2, 0.25) is 0 Å². The number of hydrogen-bond donors (Lipinski definition) is 2. The van der Waals surface area contributed by atoms with Crippen LogP contribution in [-0.2, 0) is 16.4 Å². The summed E-state index contributed by atoms with van der Waals surface area (Å²) < 4.78 is 25.0. The molecule has 0 saturated carbocycles. The van der Waals surface area contributed by atoms with Crippen LogP contribution in [0.3, 0.4) is 0 Å². The van der Waals surface area contributed by atoms with Crippen molar-refractivity contribution in [1.29, 1.82) is 0 Å². The van der Waals surface area contributed by atoms with E-state index in [1.165, 1.54) is 6.26 Å². The Balaban J connectivity index is 1.95. The van der Waals surface area contributed by atoms with Crippen LogP contribution in [0.15, 0.2) is 24.3 Å². The molecule has 3 N–H and O–H groups in total. The predicted molar refractivity (Wildman–Crippen MR) is 114 cm³/mol. The zero-order valence-electron chi connectivity index (χ0n) is 17.2. The van der Waals surface area contributed by atoms with Gasteiger partial charge in [-0.25, -0.2) is 17.5 Å². The van der Waals surface area contributed by atoms with Gasteiger partial charge >= 0.3 is 6.03 Å². The van der Waals surface area contributed by atoms with Crippen molar-refractivity contribution in [1.82, 2.24) is 9.21 Å². The van der Waals surface area contributed by atoms with Crippen molar-refractivity contribution >= 4 is 21.7 Å². The minimum absolute atomic E-state index is 0.358. The van der Waals surface area contributed by atoms with E-state index in [2.05, 4.69) is 30.1 Å². The third-order valence-corrected chi connectivity index (χ3v) is 6.70. The van der Waals surface area contributed by atoms with Gasteiger partial charge in [-0.1, -0.05) is 19.1 Å². The topological polar surface area (TPSA) is 95.7 Å². The molecule has 0 spiro atoms. The average Bonchev–Trinajstić information content (AvgIpc) is 2.60. The van der Waals surface area contributed by atoms with Gasteiger partial charge in [-0.05, 0) is 62.8 Å². The number of rotatable bonds is 9. The Hall–Kier alpha value is -1.64. The number of benzene rings is 1. The number of anilines is 1. The molecule has 0 aromatic heterocycles. The maximum Gasteiger partial charge on any atom is 0.316 e. The number of hydrogen-bond acceptors (Lipinski definition) is 4. The molecule has 1 heterocycles. The van der Waals surface area contributed by atoms with E-state index in [-0.39, 0.29) is 0 Å². The van der Waals surface area contributed by atoms with Crippen LogP contribution in [-0.4, -0.2) is 62.1 Å². The molecule has 7 nitrogen and oxygen atoms in total. The highest BCUT2D eigenvalue weighted by atomic mass is 32.2. The molecule has 1 aromatic rings. The van der Waals surface area contributed by atoms with Gasteiger partial charge in [0.15, 0.2) is 0 Å². The lowest BCUT2D eigenvalue weighted by Gasteiger charge is -2.36. The van der Waals surface area contributed by atoms with Crippen LogP contribution >= 0.6 is 0 Å². The molecule has 1 aliphatic heterocycles. The van der Waals surface area contributed by atoms with E-state index < -0.39 is 16.1 Å². The number of nitrogens with two attached hydrogens (primary N) is 1. The van der Waals surface area contributed by atoms with Crippen LogP contribution in [0.4, 0.5) is 10.5 Å². The van der Waals surface area contributed by atoms with Crippen molar-refractivity contribution in [3.8, 4) is 0 Å². The number of nitrogens with one attached hydrogen (secondary N) is 1. The molecule has 1 saturated heterocycles. The summed E-state index contributed by atoms with van der Waals surface area (Å²) >= 11 is 0. The number of sulfonamides is 1. The lowest BCUT2D eigenvalue weighted by atomic mass is 9.96. The standard InChI is InChI=1S/C20H34N4O3S/c1-4-10-23(15-17-8-11-24(12-9-17)28(3,26)27)16(2)13-18-6-5-7-19(14-18)22-20(21)25/h5-7,14,16-17H,4,8-13,15H2,1-3H3,(H3,21,22,25). The zero-order valence-corrected chi connectivity index (χ0v) is 18.0. The Morgan fingerprint density at radius 2 is 2.04 bits per heavy atom. The summed E-state index contributed by atoms with van der Waals surface area (Å²) in [5, 5.41) is 2.63. The highest BCUT2D eigenvalue weighted by Gasteiger charge is 2.27. The molecule has 28 heavy (non-hydrogen) atoms. The fourth-order valence-electron chi connectivity index (χ4n) is 3.92. The SMILES string of the molecule is CCCN(CC1CCN(S(C)(=O)=O)CC1)C(C)Cc1cccc(NC(N)=O)c1. The van der Waals surface area contributed by atoms with Gasteiger partial charge in [0, 0.05) is 31.4 Å². The molecule has 0 radical (unpaired) electrons. The van der Waals surface area contributed by atoms with Gasteiger partial charge in [-0.15, -0.1) is 0 Å². The van der Waals surface area contributed by atoms with Crippen molar-refractivity contribution in [3.05, 3.63) is 29.8 Å². The first-order chi connectivity index (χ1) is 13.2. The van der Waals surface area contributed by atoms with Crippen LogP contribution in [0, 0.1) is 5.92 Å². The summed E-state index contributed by atoms with van der Waals surface area (Å²) in [5.74, 6) is 0.523. The number of carbonyl (C=O) groups excluding carboxylic acids is 1. The first-order valence-corrected chi connectivity index (χ1v) is 11.9. The summed E-state index contributed by atoms with van der Waals surface area (Å²) in [6, 6.07) is 7.60. The molecule has 1 aliphatic rings. The third-order valence-electron chi connectivity index (χ3n) is 5.40. The van der Waals surface area contributed by atoms with Crippen molar-refractivity contribution < 1.29 is 13.2 Å². The molecule has 0 bridgehead atoms. The molecule has 2 amide bonds. The molecule has 1 unspecified atom stereocenters. The van der Waals surface area contributed by atoms with E-state index in [1.807, 2.05) is 18.2 Å². The lowest BCUT2D eigenvalue weighted by molar-refractivity contribution is 0.146. The minimum Gasteiger partial charge on any atom is -0.351 e. The third kappa shape index (κ3) is 7.07. The van der Waals surface area contributed by atoms with Gasteiger partial charge in [0.1, 0.15) is 0 Å². The second kappa shape index (κ2) is 10.2. The van der Waals surface area contributed by atoms with Crippen molar-refractivity contribution in [3.63, 3.8) is 0 Å². The Kier molecular flexibility index (Phi) is 8.27. The first-order valence-electron chi connectivity index (χ1n) is 10.0. The Labute approximate surface area is 169 Å². The summed E-state index contributed by atoms with van der Waals surface area (Å²) in [7, 11) is -3.08. The van der Waals surface area contributed by atoms with Crippen LogP contribution in [0.1, 0.15) is 38.7 Å². The summed E-state index contributed by atoms with van der Waals surface area (Å²) in [5.41, 5.74) is 7.08. The lowest BCUT2D eigenvalue weighted by Crippen LogP contribution is -2.44. The number of nitrogens with zero attached hydrogens (tertiary/aromatic N) is 2. The number of amides is 2. The number of piperidine rings is 1. The van der Waals surface area contributed by atoms with Gasteiger partial charge < -0.3 is 16.0 Å². The second-order valence-corrected chi connectivity index (χ2v) is 9.83.